The van der Waals surface area contributed by atoms with Crippen LogP contribution in [0.1, 0.15) is 11.4 Å². The van der Waals surface area contributed by atoms with Gasteiger partial charge in [-0.25, -0.2) is 24.6 Å². The Morgan fingerprint density at radius 2 is 2.03 bits per heavy atom. The minimum atomic E-state index is -0.0567. The van der Waals surface area contributed by atoms with E-state index in [1.165, 1.54) is 11.8 Å². The lowest BCUT2D eigenvalue weighted by molar-refractivity contribution is 0.590. The van der Waals surface area contributed by atoms with Gasteiger partial charge in [-0.15, -0.1) is 6.58 Å². The molecule has 0 saturated heterocycles. The highest BCUT2D eigenvalue weighted by atomic mass is 32.2. The molecule has 4 aromatic heterocycles. The summed E-state index contributed by atoms with van der Waals surface area (Å²) >= 11 is 1.48. The van der Waals surface area contributed by atoms with Crippen LogP contribution < -0.4 is 5.56 Å². The summed E-state index contributed by atoms with van der Waals surface area (Å²) in [6.45, 7) is 6.76. The van der Waals surface area contributed by atoms with Crippen LogP contribution in [0.15, 0.2) is 82.9 Å². The van der Waals surface area contributed by atoms with Crippen LogP contribution in [-0.2, 0) is 26.6 Å². The fourth-order valence-electron chi connectivity index (χ4n) is 3.82. The van der Waals surface area contributed by atoms with E-state index in [0.717, 1.165) is 32.7 Å². The number of aryl methyl sites for hydroxylation is 4. The molecule has 0 aliphatic rings. The molecule has 0 atom stereocenters. The number of rotatable bonds is 8. The van der Waals surface area contributed by atoms with Crippen molar-refractivity contribution in [3.8, 4) is 11.4 Å². The first-order valence-electron chi connectivity index (χ1n) is 11.1. The first-order valence-corrected chi connectivity index (χ1v) is 12.0. The summed E-state index contributed by atoms with van der Waals surface area (Å²) in [5.41, 5.74) is 2.53. The second kappa shape index (κ2) is 9.67. The summed E-state index contributed by atoms with van der Waals surface area (Å²) in [5.74, 6) is 1.37. The van der Waals surface area contributed by atoms with Crippen molar-refractivity contribution >= 4 is 22.7 Å². The van der Waals surface area contributed by atoms with Crippen LogP contribution >= 0.6 is 11.8 Å². The Hall–Kier alpha value is -4.05. The van der Waals surface area contributed by atoms with E-state index in [0.29, 0.717) is 30.7 Å². The molecule has 4 heterocycles. The van der Waals surface area contributed by atoms with Crippen LogP contribution in [0.5, 0.6) is 0 Å². The summed E-state index contributed by atoms with van der Waals surface area (Å²) in [6, 6.07) is 9.50. The van der Waals surface area contributed by atoms with Crippen LogP contribution in [-0.4, -0.2) is 38.9 Å². The van der Waals surface area contributed by atoms with Gasteiger partial charge in [0.1, 0.15) is 10.9 Å². The highest BCUT2D eigenvalue weighted by molar-refractivity contribution is 7.99. The van der Waals surface area contributed by atoms with E-state index in [9.17, 15) is 4.79 Å². The van der Waals surface area contributed by atoms with Gasteiger partial charge in [0.05, 0.1) is 23.8 Å². The highest BCUT2D eigenvalue weighted by Crippen LogP contribution is 2.27. The number of aromatic nitrogens is 8. The molecule has 0 fully saturated rings. The molecule has 35 heavy (non-hydrogen) atoms. The second-order valence-electron chi connectivity index (χ2n) is 8.09. The van der Waals surface area contributed by atoms with E-state index in [2.05, 4.69) is 21.5 Å². The van der Waals surface area contributed by atoms with Gasteiger partial charge in [-0.3, -0.25) is 9.36 Å². The zero-order valence-electron chi connectivity index (χ0n) is 19.5. The molecule has 0 unspecified atom stereocenters. The lowest BCUT2D eigenvalue weighted by Gasteiger charge is -2.08. The molecule has 0 aliphatic carbocycles. The maximum absolute atomic E-state index is 13.0. The van der Waals surface area contributed by atoms with Crippen molar-refractivity contribution in [3.63, 3.8) is 0 Å². The molecule has 0 N–H and O–H groups in total. The standard InChI is InChI=1S/C25H24N8OS/c1-4-12-33-20(9-13-32-16-28-22-17(2)6-5-7-19(22)24(32)34)29-23(30-33)18-8-10-26-21(15-18)35-25-27-11-14-31(25)3/h4-8,10-11,14-16H,1,9,12-13H2,2-3H3. The van der Waals surface area contributed by atoms with Gasteiger partial charge in [0, 0.05) is 44.2 Å². The molecule has 176 valence electrons. The maximum Gasteiger partial charge on any atom is 0.261 e. The number of hydrogen-bond acceptors (Lipinski definition) is 7. The monoisotopic (exact) mass is 484 g/mol. The lowest BCUT2D eigenvalue weighted by atomic mass is 10.1. The van der Waals surface area contributed by atoms with E-state index in [-0.39, 0.29) is 5.56 Å². The summed E-state index contributed by atoms with van der Waals surface area (Å²) in [4.78, 5) is 31.1. The zero-order valence-corrected chi connectivity index (χ0v) is 20.3. The number of para-hydroxylation sites is 1. The Bertz CT molecular complexity index is 1580. The van der Waals surface area contributed by atoms with Crippen LogP contribution in [0.3, 0.4) is 0 Å². The van der Waals surface area contributed by atoms with E-state index in [4.69, 9.17) is 10.1 Å². The number of imidazole rings is 1. The number of allylic oxidation sites excluding steroid dienone is 1. The molecule has 9 nitrogen and oxygen atoms in total. The van der Waals surface area contributed by atoms with Crippen molar-refractivity contribution in [1.82, 2.24) is 38.9 Å². The Balaban J connectivity index is 1.41. The molecule has 10 heteroatoms. The molecule has 0 radical (unpaired) electrons. The van der Waals surface area contributed by atoms with Gasteiger partial charge in [-0.05, 0) is 42.4 Å². The summed E-state index contributed by atoms with van der Waals surface area (Å²) in [7, 11) is 1.95. The zero-order chi connectivity index (χ0) is 24.4. The minimum Gasteiger partial charge on any atom is -0.329 e. The Kier molecular flexibility index (Phi) is 6.28. The van der Waals surface area contributed by atoms with Crippen LogP contribution in [0.2, 0.25) is 0 Å². The molecule has 0 bridgehead atoms. The van der Waals surface area contributed by atoms with Crippen LogP contribution in [0, 0.1) is 6.92 Å². The van der Waals surface area contributed by atoms with E-state index in [1.54, 1.807) is 29.4 Å². The summed E-state index contributed by atoms with van der Waals surface area (Å²) in [5, 5.41) is 6.98. The van der Waals surface area contributed by atoms with Gasteiger partial charge in [0.25, 0.3) is 5.56 Å². The molecular formula is C25H24N8OS. The molecule has 5 rings (SSSR count). The number of fused-ring (bicyclic) bond motifs is 1. The fraction of sp³-hybridized carbons (Fsp3) is 0.200. The van der Waals surface area contributed by atoms with E-state index >= 15 is 0 Å². The Morgan fingerprint density at radius 3 is 2.83 bits per heavy atom. The van der Waals surface area contributed by atoms with Gasteiger partial charge in [-0.1, -0.05) is 18.2 Å². The molecule has 1 aromatic carbocycles. The van der Waals surface area contributed by atoms with E-state index in [1.807, 2.05) is 59.7 Å². The predicted octanol–water partition coefficient (Wildman–Crippen LogP) is 3.67. The molecule has 5 aromatic rings. The largest absolute Gasteiger partial charge is 0.329 e. The summed E-state index contributed by atoms with van der Waals surface area (Å²) in [6.07, 6.45) is 9.32. The fourth-order valence-corrected chi connectivity index (χ4v) is 4.62. The third kappa shape index (κ3) is 4.65. The van der Waals surface area contributed by atoms with Crippen molar-refractivity contribution < 1.29 is 0 Å². The highest BCUT2D eigenvalue weighted by Gasteiger charge is 2.14. The number of nitrogens with zero attached hydrogens (tertiary/aromatic N) is 8. The molecule has 0 saturated carbocycles. The lowest BCUT2D eigenvalue weighted by Crippen LogP contribution is -2.22. The van der Waals surface area contributed by atoms with Crippen molar-refractivity contribution in [2.24, 2.45) is 7.05 Å². The van der Waals surface area contributed by atoms with Crippen molar-refractivity contribution in [3.05, 3.63) is 89.6 Å². The average molecular weight is 485 g/mol. The Labute approximate surface area is 206 Å². The van der Waals surface area contributed by atoms with Crippen molar-refractivity contribution in [2.45, 2.75) is 36.6 Å². The number of hydrogen-bond donors (Lipinski definition) is 0. The van der Waals surface area contributed by atoms with Gasteiger partial charge < -0.3 is 4.57 Å². The van der Waals surface area contributed by atoms with Crippen molar-refractivity contribution in [1.29, 1.82) is 0 Å². The van der Waals surface area contributed by atoms with Crippen molar-refractivity contribution in [2.75, 3.05) is 0 Å². The maximum atomic E-state index is 13.0. The number of pyridine rings is 1. The van der Waals surface area contributed by atoms with Crippen LogP contribution in [0.4, 0.5) is 0 Å². The van der Waals surface area contributed by atoms with Crippen LogP contribution in [0.25, 0.3) is 22.3 Å². The molecule has 0 spiro atoms. The third-order valence-corrected chi connectivity index (χ3v) is 6.66. The average Bonchev–Trinajstić information content (AvgIpc) is 3.45. The van der Waals surface area contributed by atoms with Gasteiger partial charge in [-0.2, -0.15) is 5.10 Å². The van der Waals surface area contributed by atoms with E-state index < -0.39 is 0 Å². The third-order valence-electron chi connectivity index (χ3n) is 5.65. The van der Waals surface area contributed by atoms with Gasteiger partial charge in [0.15, 0.2) is 11.0 Å². The number of benzene rings is 1. The minimum absolute atomic E-state index is 0.0567. The molecule has 0 aliphatic heterocycles. The second-order valence-corrected chi connectivity index (χ2v) is 9.08. The molecular weight excluding hydrogens is 460 g/mol. The van der Waals surface area contributed by atoms with Gasteiger partial charge in [0.2, 0.25) is 0 Å². The summed E-state index contributed by atoms with van der Waals surface area (Å²) < 4.78 is 5.39. The SMILES string of the molecule is C=CCn1nc(-c2ccnc(Sc3nccn3C)c2)nc1CCn1cnc2c(C)cccc2c1=O. The smallest absolute Gasteiger partial charge is 0.261 e. The molecule has 0 amide bonds. The normalized spacial score (nSPS) is 11.3. The first kappa shape index (κ1) is 22.7. The topological polar surface area (TPSA) is 96.3 Å². The van der Waals surface area contributed by atoms with Gasteiger partial charge >= 0.3 is 0 Å². The quantitative estimate of drug-likeness (QED) is 0.310. The first-order chi connectivity index (χ1) is 17.0. The predicted molar refractivity (Wildman–Crippen MR) is 135 cm³/mol. The Morgan fingerprint density at radius 1 is 1.14 bits per heavy atom.